The van der Waals surface area contributed by atoms with E-state index in [1.807, 2.05) is 25.1 Å². The molecule has 0 saturated carbocycles. The number of rotatable bonds is 3. The first-order valence-electron chi connectivity index (χ1n) is 9.66. The minimum absolute atomic E-state index is 0.0504. The molecule has 0 aliphatic carbocycles. The van der Waals surface area contributed by atoms with E-state index in [4.69, 9.17) is 0 Å². The fourth-order valence-corrected chi connectivity index (χ4v) is 5.92. The molecule has 0 spiro atoms. The van der Waals surface area contributed by atoms with Gasteiger partial charge >= 0.3 is 0 Å². The normalized spacial score (nSPS) is 23.5. The zero-order valence-corrected chi connectivity index (χ0v) is 17.0. The molecule has 2 atom stereocenters. The van der Waals surface area contributed by atoms with Crippen molar-refractivity contribution in [3.8, 4) is 11.1 Å². The van der Waals surface area contributed by atoms with E-state index < -0.39 is 10.0 Å². The van der Waals surface area contributed by atoms with Gasteiger partial charge in [0.2, 0.25) is 15.9 Å². The minimum atomic E-state index is -3.66. The van der Waals surface area contributed by atoms with Gasteiger partial charge in [-0.25, -0.2) is 8.42 Å². The Labute approximate surface area is 166 Å². The number of carbonyl (C=O) groups excluding carboxylic acids is 1. The van der Waals surface area contributed by atoms with Crippen LogP contribution in [-0.4, -0.2) is 54.7 Å². The van der Waals surface area contributed by atoms with Crippen molar-refractivity contribution in [3.63, 3.8) is 0 Å². The van der Waals surface area contributed by atoms with Gasteiger partial charge in [0.25, 0.3) is 0 Å². The topological polar surface area (TPSA) is 70.6 Å². The van der Waals surface area contributed by atoms with E-state index in [0.717, 1.165) is 36.0 Å². The second-order valence-electron chi connectivity index (χ2n) is 7.77. The highest BCUT2D eigenvalue weighted by Crippen LogP contribution is 2.31. The van der Waals surface area contributed by atoms with Gasteiger partial charge in [-0.3, -0.25) is 9.78 Å². The number of nitrogens with zero attached hydrogens (tertiary/aromatic N) is 3. The summed E-state index contributed by atoms with van der Waals surface area (Å²) in [6, 6.07) is 9.00. The third kappa shape index (κ3) is 3.33. The average molecular weight is 400 g/mol. The van der Waals surface area contributed by atoms with Gasteiger partial charge in [-0.05, 0) is 49.1 Å². The summed E-state index contributed by atoms with van der Waals surface area (Å²) in [4.78, 5) is 18.8. The summed E-state index contributed by atoms with van der Waals surface area (Å²) in [6.45, 7) is 2.55. The minimum Gasteiger partial charge on any atom is -0.341 e. The lowest BCUT2D eigenvalue weighted by Crippen LogP contribution is -2.42. The van der Waals surface area contributed by atoms with E-state index in [1.165, 1.54) is 4.31 Å². The molecule has 2 fully saturated rings. The maximum atomic E-state index is 13.4. The molecule has 1 aromatic carbocycles. The Kier molecular flexibility index (Phi) is 4.97. The van der Waals surface area contributed by atoms with E-state index in [1.54, 1.807) is 36.5 Å². The monoisotopic (exact) mass is 399 g/mol. The van der Waals surface area contributed by atoms with Crippen LogP contribution in [0.1, 0.15) is 24.8 Å². The van der Waals surface area contributed by atoms with Gasteiger partial charge in [-0.1, -0.05) is 18.6 Å². The van der Waals surface area contributed by atoms with Crippen LogP contribution >= 0.6 is 0 Å². The number of benzene rings is 1. The zero-order valence-electron chi connectivity index (χ0n) is 16.2. The predicted molar refractivity (Wildman–Crippen MR) is 107 cm³/mol. The van der Waals surface area contributed by atoms with Crippen LogP contribution in [0.25, 0.3) is 11.1 Å². The van der Waals surface area contributed by atoms with E-state index in [9.17, 15) is 13.2 Å². The molecule has 4 rings (SSSR count). The Hall–Kier alpha value is -2.25. The number of pyridine rings is 1. The molecule has 1 amide bonds. The van der Waals surface area contributed by atoms with Crippen molar-refractivity contribution in [1.82, 2.24) is 14.2 Å². The standard InChI is InChI=1S/C21H25N3O3S/c1-15-11-19(8-9-20(15)16-6-4-10-22-12-16)28(26,27)24-13-17-5-3-7-18(14-24)23(2)21(17)25/h4,6,8-12,17-18H,3,5,7,13-14H2,1-2H3/t17-,18+/m1/s1. The number of fused-ring (bicyclic) bond motifs is 3. The molecule has 0 radical (unpaired) electrons. The van der Waals surface area contributed by atoms with E-state index >= 15 is 0 Å². The molecule has 2 aromatic rings. The molecular weight excluding hydrogens is 374 g/mol. The highest BCUT2D eigenvalue weighted by atomic mass is 32.2. The lowest BCUT2D eigenvalue weighted by atomic mass is 10.0. The van der Waals surface area contributed by atoms with Crippen molar-refractivity contribution < 1.29 is 13.2 Å². The Bertz CT molecular complexity index is 991. The second kappa shape index (κ2) is 7.29. The molecule has 2 bridgehead atoms. The highest BCUT2D eigenvalue weighted by molar-refractivity contribution is 7.89. The van der Waals surface area contributed by atoms with Crippen LogP contribution in [0, 0.1) is 12.8 Å². The van der Waals surface area contributed by atoms with Crippen molar-refractivity contribution in [1.29, 1.82) is 0 Å². The Morgan fingerprint density at radius 1 is 1.14 bits per heavy atom. The third-order valence-corrected chi connectivity index (χ3v) is 7.81. The Balaban J connectivity index is 1.67. The largest absolute Gasteiger partial charge is 0.341 e. The van der Waals surface area contributed by atoms with Gasteiger partial charge in [0.15, 0.2) is 0 Å². The lowest BCUT2D eigenvalue weighted by Gasteiger charge is -2.29. The van der Waals surface area contributed by atoms with Crippen LogP contribution < -0.4 is 0 Å². The Morgan fingerprint density at radius 3 is 2.68 bits per heavy atom. The summed E-state index contributed by atoms with van der Waals surface area (Å²) in [7, 11) is -1.86. The smallest absolute Gasteiger partial charge is 0.243 e. The number of carbonyl (C=O) groups is 1. The van der Waals surface area contributed by atoms with Gasteiger partial charge < -0.3 is 4.90 Å². The van der Waals surface area contributed by atoms with Crippen molar-refractivity contribution in [2.45, 2.75) is 37.1 Å². The van der Waals surface area contributed by atoms with Crippen LogP contribution in [0.5, 0.6) is 0 Å². The first kappa shape index (κ1) is 19.1. The first-order chi connectivity index (χ1) is 13.4. The molecule has 1 aromatic heterocycles. The molecule has 0 N–H and O–H groups in total. The predicted octanol–water partition coefficient (Wildman–Crippen LogP) is 2.69. The molecular formula is C21H25N3O3S. The summed E-state index contributed by atoms with van der Waals surface area (Å²) < 4.78 is 28.3. The fourth-order valence-electron chi connectivity index (χ4n) is 4.31. The molecule has 2 aliphatic rings. The summed E-state index contributed by atoms with van der Waals surface area (Å²) in [6.07, 6.45) is 6.06. The lowest BCUT2D eigenvalue weighted by molar-refractivity contribution is -0.134. The quantitative estimate of drug-likeness (QED) is 0.796. The van der Waals surface area contributed by atoms with Gasteiger partial charge in [0.05, 0.1) is 10.8 Å². The van der Waals surface area contributed by atoms with Crippen LogP contribution in [0.2, 0.25) is 0 Å². The van der Waals surface area contributed by atoms with Crippen LogP contribution in [0.3, 0.4) is 0 Å². The third-order valence-electron chi connectivity index (χ3n) is 5.98. The SMILES string of the molecule is Cc1cc(S(=O)(=O)N2C[C@H]3CCC[C@@H](C2)N(C)C3=O)ccc1-c1cccnc1. The molecule has 2 aliphatic heterocycles. The highest BCUT2D eigenvalue weighted by Gasteiger charge is 2.40. The number of aromatic nitrogens is 1. The second-order valence-corrected chi connectivity index (χ2v) is 9.71. The number of hydrogen-bond donors (Lipinski definition) is 0. The summed E-state index contributed by atoms with van der Waals surface area (Å²) in [5.74, 6) is -0.175. The number of aryl methyl sites for hydroxylation is 1. The molecule has 148 valence electrons. The summed E-state index contributed by atoms with van der Waals surface area (Å²) in [5.41, 5.74) is 2.81. The van der Waals surface area contributed by atoms with Crippen molar-refractivity contribution in [2.24, 2.45) is 5.92 Å². The van der Waals surface area contributed by atoms with Crippen molar-refractivity contribution in [3.05, 3.63) is 48.3 Å². The van der Waals surface area contributed by atoms with E-state index in [0.29, 0.717) is 6.54 Å². The fraction of sp³-hybridized carbons (Fsp3) is 0.429. The first-order valence-corrected chi connectivity index (χ1v) is 11.1. The summed E-state index contributed by atoms with van der Waals surface area (Å²) >= 11 is 0. The van der Waals surface area contributed by atoms with Gasteiger partial charge in [0.1, 0.15) is 0 Å². The van der Waals surface area contributed by atoms with Gasteiger partial charge in [0, 0.05) is 44.1 Å². The van der Waals surface area contributed by atoms with E-state index in [-0.39, 0.29) is 29.3 Å². The number of hydrogen-bond acceptors (Lipinski definition) is 4. The molecule has 0 unspecified atom stereocenters. The number of amides is 1. The Morgan fingerprint density at radius 2 is 1.96 bits per heavy atom. The molecule has 6 nitrogen and oxygen atoms in total. The van der Waals surface area contributed by atoms with Crippen molar-refractivity contribution in [2.75, 3.05) is 20.1 Å². The maximum Gasteiger partial charge on any atom is 0.243 e. The van der Waals surface area contributed by atoms with Crippen LogP contribution in [0.15, 0.2) is 47.6 Å². The van der Waals surface area contributed by atoms with Crippen LogP contribution in [-0.2, 0) is 14.8 Å². The van der Waals surface area contributed by atoms with E-state index in [2.05, 4.69) is 4.98 Å². The number of likely N-dealkylation sites (N-methyl/N-ethyl adjacent to an activating group) is 1. The van der Waals surface area contributed by atoms with Gasteiger partial charge in [-0.15, -0.1) is 0 Å². The molecule has 28 heavy (non-hydrogen) atoms. The molecule has 2 saturated heterocycles. The average Bonchev–Trinajstić information content (AvgIpc) is 2.87. The molecule has 3 heterocycles. The maximum absolute atomic E-state index is 13.4. The van der Waals surface area contributed by atoms with Gasteiger partial charge in [-0.2, -0.15) is 4.31 Å². The zero-order chi connectivity index (χ0) is 19.9. The van der Waals surface area contributed by atoms with Crippen LogP contribution in [0.4, 0.5) is 0 Å². The summed E-state index contributed by atoms with van der Waals surface area (Å²) in [5, 5.41) is 0. The number of sulfonamides is 1. The molecule has 7 heteroatoms. The van der Waals surface area contributed by atoms with Crippen molar-refractivity contribution >= 4 is 15.9 Å².